The van der Waals surface area contributed by atoms with Crippen molar-refractivity contribution < 1.29 is 22.3 Å². The second kappa shape index (κ2) is 8.69. The van der Waals surface area contributed by atoms with Gasteiger partial charge < -0.3 is 14.8 Å². The number of fused-ring (bicyclic) bond motifs is 1. The number of morpholine rings is 1. The zero-order chi connectivity index (χ0) is 22.0. The topological polar surface area (TPSA) is 107 Å². The summed E-state index contributed by atoms with van der Waals surface area (Å²) in [5.41, 5.74) is 2.42. The smallest absolute Gasteiger partial charge is 0.242 e. The Morgan fingerprint density at radius 2 is 2.10 bits per heavy atom. The maximum atomic E-state index is 14.3. The summed E-state index contributed by atoms with van der Waals surface area (Å²) in [4.78, 5) is 13.1. The molecule has 9 nitrogen and oxygen atoms in total. The van der Waals surface area contributed by atoms with E-state index in [4.69, 9.17) is 9.47 Å². The van der Waals surface area contributed by atoms with Gasteiger partial charge in [-0.3, -0.25) is 4.98 Å². The van der Waals surface area contributed by atoms with Gasteiger partial charge in [-0.2, -0.15) is 4.31 Å². The third-order valence-electron chi connectivity index (χ3n) is 4.94. The molecular formula is C20H22FN5O4S. The molecule has 4 rings (SSSR count). The van der Waals surface area contributed by atoms with Crippen LogP contribution in [0.5, 0.6) is 5.88 Å². The minimum absolute atomic E-state index is 0.0845. The maximum Gasteiger partial charge on any atom is 0.242 e. The predicted molar refractivity (Wildman–Crippen MR) is 114 cm³/mol. The minimum atomic E-state index is -3.31. The van der Waals surface area contributed by atoms with Gasteiger partial charge in [0, 0.05) is 38.1 Å². The Hall–Kier alpha value is -2.89. The van der Waals surface area contributed by atoms with Crippen LogP contribution in [0.1, 0.15) is 0 Å². The second-order valence-electron chi connectivity index (χ2n) is 7.11. The number of benzene rings is 1. The molecule has 1 atom stereocenters. The number of ether oxygens (including phenoxy) is 2. The number of sulfonamides is 1. The highest BCUT2D eigenvalue weighted by Crippen LogP contribution is 2.29. The third-order valence-corrected chi connectivity index (χ3v) is 6.20. The molecule has 0 bridgehead atoms. The molecule has 1 fully saturated rings. The van der Waals surface area contributed by atoms with E-state index in [9.17, 15) is 12.8 Å². The van der Waals surface area contributed by atoms with E-state index in [1.807, 2.05) is 0 Å². The molecule has 0 radical (unpaired) electrons. The third kappa shape index (κ3) is 4.73. The summed E-state index contributed by atoms with van der Waals surface area (Å²) < 4.78 is 50.8. The summed E-state index contributed by atoms with van der Waals surface area (Å²) in [5, 5.41) is 2.78. The van der Waals surface area contributed by atoms with Gasteiger partial charge in [-0.15, -0.1) is 0 Å². The van der Waals surface area contributed by atoms with Crippen LogP contribution < -0.4 is 10.1 Å². The first kappa shape index (κ1) is 21.3. The van der Waals surface area contributed by atoms with Crippen molar-refractivity contribution in [3.8, 4) is 17.1 Å². The first-order chi connectivity index (χ1) is 14.8. The molecule has 3 heterocycles. The Kier molecular flexibility index (Phi) is 5.99. The Balaban J connectivity index is 1.62. The van der Waals surface area contributed by atoms with E-state index in [0.29, 0.717) is 34.5 Å². The largest absolute Gasteiger partial charge is 0.473 e. The normalized spacial score (nSPS) is 17.6. The number of aromatic nitrogens is 3. The molecule has 164 valence electrons. The van der Waals surface area contributed by atoms with Crippen LogP contribution >= 0.6 is 0 Å². The zero-order valence-corrected chi connectivity index (χ0v) is 17.9. The fourth-order valence-corrected chi connectivity index (χ4v) is 4.18. The highest BCUT2D eigenvalue weighted by molar-refractivity contribution is 7.88. The molecule has 0 unspecified atom stereocenters. The van der Waals surface area contributed by atoms with Gasteiger partial charge in [0.15, 0.2) is 5.52 Å². The Morgan fingerprint density at radius 3 is 2.84 bits per heavy atom. The van der Waals surface area contributed by atoms with Gasteiger partial charge in [0.25, 0.3) is 0 Å². The average molecular weight is 447 g/mol. The summed E-state index contributed by atoms with van der Waals surface area (Å²) in [7, 11) is -1.66. The Bertz CT molecular complexity index is 1210. The van der Waals surface area contributed by atoms with Crippen molar-refractivity contribution in [3.05, 3.63) is 42.5 Å². The van der Waals surface area contributed by atoms with Gasteiger partial charge in [-0.05, 0) is 18.2 Å². The molecule has 1 aliphatic rings. The lowest BCUT2D eigenvalue weighted by molar-refractivity contribution is -0.0252. The standard InChI is InChI=1S/C20H22FN5O4S/c1-22-16-4-3-13(9-15(16)21)17-10-18-19(24-6-5-23-18)20(25-17)30-12-14-11-26(7-8-29-14)31(2,27)28/h3-6,9-10,14,22H,7-8,11-12H2,1-2H3/t14-/m0/s1. The van der Waals surface area contributed by atoms with Crippen molar-refractivity contribution in [1.82, 2.24) is 19.3 Å². The van der Waals surface area contributed by atoms with Crippen LogP contribution in [0.15, 0.2) is 36.7 Å². The van der Waals surface area contributed by atoms with E-state index in [1.165, 1.54) is 22.8 Å². The van der Waals surface area contributed by atoms with Crippen LogP contribution in [-0.4, -0.2) is 73.4 Å². The molecular weight excluding hydrogens is 425 g/mol. The van der Waals surface area contributed by atoms with Crippen molar-refractivity contribution in [1.29, 1.82) is 0 Å². The number of pyridine rings is 1. The Labute approximate surface area is 179 Å². The number of nitrogens with zero attached hydrogens (tertiary/aromatic N) is 4. The quantitative estimate of drug-likeness (QED) is 0.611. The maximum absolute atomic E-state index is 14.3. The van der Waals surface area contributed by atoms with Crippen LogP contribution in [-0.2, 0) is 14.8 Å². The second-order valence-corrected chi connectivity index (χ2v) is 9.09. The fraction of sp³-hybridized carbons (Fsp3) is 0.350. The number of hydrogen-bond acceptors (Lipinski definition) is 8. The van der Waals surface area contributed by atoms with Crippen LogP contribution in [0.25, 0.3) is 22.3 Å². The average Bonchev–Trinajstić information content (AvgIpc) is 2.77. The Morgan fingerprint density at radius 1 is 1.29 bits per heavy atom. The lowest BCUT2D eigenvalue weighted by Crippen LogP contribution is -2.47. The summed E-state index contributed by atoms with van der Waals surface area (Å²) in [6.45, 7) is 0.873. The molecule has 31 heavy (non-hydrogen) atoms. The first-order valence-electron chi connectivity index (χ1n) is 9.64. The molecule has 0 amide bonds. The van der Waals surface area contributed by atoms with Gasteiger partial charge in [0.05, 0.1) is 29.8 Å². The summed E-state index contributed by atoms with van der Waals surface area (Å²) in [6.07, 6.45) is 3.80. The van der Waals surface area contributed by atoms with Crippen molar-refractivity contribution >= 4 is 26.7 Å². The highest BCUT2D eigenvalue weighted by atomic mass is 32.2. The van der Waals surface area contributed by atoms with Gasteiger partial charge in [0.2, 0.25) is 15.9 Å². The number of rotatable bonds is 6. The van der Waals surface area contributed by atoms with E-state index in [0.717, 1.165) is 0 Å². The molecule has 3 aromatic rings. The first-order valence-corrected chi connectivity index (χ1v) is 11.5. The van der Waals surface area contributed by atoms with Gasteiger partial charge in [-0.25, -0.2) is 22.8 Å². The summed E-state index contributed by atoms with van der Waals surface area (Å²) in [5.74, 6) is -0.182. The van der Waals surface area contributed by atoms with Gasteiger partial charge in [0.1, 0.15) is 18.5 Å². The lowest BCUT2D eigenvalue weighted by Gasteiger charge is -2.30. The lowest BCUT2D eigenvalue weighted by atomic mass is 10.1. The van der Waals surface area contributed by atoms with E-state index >= 15 is 0 Å². The monoisotopic (exact) mass is 447 g/mol. The molecule has 11 heteroatoms. The summed E-state index contributed by atoms with van der Waals surface area (Å²) >= 11 is 0. The number of nitrogens with one attached hydrogen (secondary N) is 1. The van der Waals surface area contributed by atoms with Crippen LogP contribution in [0.3, 0.4) is 0 Å². The summed E-state index contributed by atoms with van der Waals surface area (Å²) in [6, 6.07) is 6.47. The molecule has 0 saturated carbocycles. The van der Waals surface area contributed by atoms with E-state index in [2.05, 4.69) is 20.3 Å². The van der Waals surface area contributed by atoms with Crippen molar-refractivity contribution in [2.45, 2.75) is 6.10 Å². The minimum Gasteiger partial charge on any atom is -0.473 e. The SMILES string of the molecule is CNc1ccc(-c2cc3nccnc3c(OC[C@@H]3CN(S(C)(=O)=O)CCO3)n2)cc1F. The van der Waals surface area contributed by atoms with Crippen molar-refractivity contribution in [3.63, 3.8) is 0 Å². The van der Waals surface area contributed by atoms with Crippen molar-refractivity contribution in [2.24, 2.45) is 0 Å². The highest BCUT2D eigenvalue weighted by Gasteiger charge is 2.27. The fourth-order valence-electron chi connectivity index (χ4n) is 3.34. The van der Waals surface area contributed by atoms with Gasteiger partial charge in [-0.1, -0.05) is 6.07 Å². The van der Waals surface area contributed by atoms with E-state index in [-0.39, 0.29) is 25.6 Å². The molecule has 1 saturated heterocycles. The number of halogens is 1. The van der Waals surface area contributed by atoms with E-state index in [1.54, 1.807) is 31.4 Å². The van der Waals surface area contributed by atoms with E-state index < -0.39 is 21.9 Å². The van der Waals surface area contributed by atoms with Crippen LogP contribution in [0.4, 0.5) is 10.1 Å². The molecule has 1 aromatic carbocycles. The molecule has 0 spiro atoms. The zero-order valence-electron chi connectivity index (χ0n) is 17.1. The predicted octanol–water partition coefficient (Wildman–Crippen LogP) is 1.91. The van der Waals surface area contributed by atoms with Crippen LogP contribution in [0.2, 0.25) is 0 Å². The molecule has 1 aliphatic heterocycles. The number of hydrogen-bond donors (Lipinski definition) is 1. The molecule has 1 N–H and O–H groups in total. The van der Waals surface area contributed by atoms with Crippen LogP contribution in [0, 0.1) is 5.82 Å². The molecule has 2 aromatic heterocycles. The van der Waals surface area contributed by atoms with Gasteiger partial charge >= 0.3 is 0 Å². The number of anilines is 1. The molecule has 0 aliphatic carbocycles. The van der Waals surface area contributed by atoms with Crippen molar-refractivity contribution in [2.75, 3.05) is 44.9 Å².